The van der Waals surface area contributed by atoms with Gasteiger partial charge in [0.15, 0.2) is 0 Å². The fourth-order valence-corrected chi connectivity index (χ4v) is 4.23. The Kier molecular flexibility index (Phi) is 6.02. The van der Waals surface area contributed by atoms with Crippen molar-refractivity contribution in [3.05, 3.63) is 38.9 Å². The second-order valence-electron chi connectivity index (χ2n) is 6.11. The van der Waals surface area contributed by atoms with Gasteiger partial charge in [-0.15, -0.1) is 0 Å². The molecule has 138 valence electrons. The number of non-ortho nitro benzene ring substituents is 1. The van der Waals surface area contributed by atoms with E-state index in [9.17, 15) is 23.3 Å². The SMILES string of the molecule is CN(Cc1cc([N+](=O)[O-])ccc1Cl)C(=O)C1CCCCN1S(C)(=O)=O. The van der Waals surface area contributed by atoms with E-state index in [2.05, 4.69) is 0 Å². The lowest BCUT2D eigenvalue weighted by molar-refractivity contribution is -0.384. The molecule has 8 nitrogen and oxygen atoms in total. The average molecular weight is 390 g/mol. The number of hydrogen-bond acceptors (Lipinski definition) is 5. The van der Waals surface area contributed by atoms with Crippen molar-refractivity contribution in [2.75, 3.05) is 19.8 Å². The summed E-state index contributed by atoms with van der Waals surface area (Å²) in [5, 5.41) is 11.2. The molecule has 1 aliphatic heterocycles. The second-order valence-corrected chi connectivity index (χ2v) is 8.45. The van der Waals surface area contributed by atoms with Gasteiger partial charge in [0.05, 0.1) is 11.2 Å². The molecular formula is C15H20ClN3O5S. The van der Waals surface area contributed by atoms with Gasteiger partial charge in [-0.3, -0.25) is 14.9 Å². The number of rotatable bonds is 5. The number of nitro benzene ring substituents is 1. The van der Waals surface area contributed by atoms with Gasteiger partial charge in [0.2, 0.25) is 15.9 Å². The molecule has 1 atom stereocenters. The van der Waals surface area contributed by atoms with Gasteiger partial charge in [0.1, 0.15) is 6.04 Å². The number of carbonyl (C=O) groups excluding carboxylic acids is 1. The van der Waals surface area contributed by atoms with Gasteiger partial charge >= 0.3 is 0 Å². The van der Waals surface area contributed by atoms with Gasteiger partial charge in [0, 0.05) is 37.3 Å². The normalized spacial score (nSPS) is 18.8. The second kappa shape index (κ2) is 7.67. The Morgan fingerprint density at radius 2 is 2.12 bits per heavy atom. The molecule has 25 heavy (non-hydrogen) atoms. The number of amides is 1. The lowest BCUT2D eigenvalue weighted by Gasteiger charge is -2.35. The Morgan fingerprint density at radius 3 is 2.72 bits per heavy atom. The third-order valence-electron chi connectivity index (χ3n) is 4.19. The molecular weight excluding hydrogens is 370 g/mol. The number of likely N-dealkylation sites (N-methyl/N-ethyl adjacent to an activating group) is 1. The summed E-state index contributed by atoms with van der Waals surface area (Å²) in [6.07, 6.45) is 3.04. The van der Waals surface area contributed by atoms with E-state index in [1.165, 1.54) is 34.5 Å². The lowest BCUT2D eigenvalue weighted by Crippen LogP contribution is -2.51. The van der Waals surface area contributed by atoms with E-state index in [0.29, 0.717) is 23.6 Å². The maximum atomic E-state index is 12.7. The number of nitro groups is 1. The molecule has 1 amide bonds. The number of piperidine rings is 1. The molecule has 1 aromatic rings. The van der Waals surface area contributed by atoms with Crippen LogP contribution in [0, 0.1) is 10.1 Å². The number of hydrogen-bond donors (Lipinski definition) is 0. The van der Waals surface area contributed by atoms with Crippen LogP contribution in [0.4, 0.5) is 5.69 Å². The molecule has 1 heterocycles. The van der Waals surface area contributed by atoms with Crippen molar-refractivity contribution < 1.29 is 18.1 Å². The summed E-state index contributed by atoms with van der Waals surface area (Å²) in [5.41, 5.74) is 0.323. The Balaban J connectivity index is 2.20. The van der Waals surface area contributed by atoms with Crippen LogP contribution in [0.15, 0.2) is 18.2 Å². The molecule has 0 spiro atoms. The van der Waals surface area contributed by atoms with E-state index in [1.807, 2.05) is 0 Å². The highest BCUT2D eigenvalue weighted by Gasteiger charge is 2.36. The molecule has 0 radical (unpaired) electrons. The van der Waals surface area contributed by atoms with Crippen LogP contribution in [0.1, 0.15) is 24.8 Å². The number of benzene rings is 1. The van der Waals surface area contributed by atoms with E-state index < -0.39 is 21.0 Å². The molecule has 0 N–H and O–H groups in total. The van der Waals surface area contributed by atoms with Gasteiger partial charge in [-0.1, -0.05) is 18.0 Å². The van der Waals surface area contributed by atoms with Crippen molar-refractivity contribution in [1.29, 1.82) is 0 Å². The van der Waals surface area contributed by atoms with Crippen LogP contribution in [-0.4, -0.2) is 54.3 Å². The van der Waals surface area contributed by atoms with Crippen LogP contribution < -0.4 is 0 Å². The highest BCUT2D eigenvalue weighted by molar-refractivity contribution is 7.88. The zero-order valence-electron chi connectivity index (χ0n) is 14.0. The lowest BCUT2D eigenvalue weighted by atomic mass is 10.0. The van der Waals surface area contributed by atoms with Gasteiger partial charge in [-0.05, 0) is 24.5 Å². The van der Waals surface area contributed by atoms with Gasteiger partial charge < -0.3 is 4.90 Å². The Morgan fingerprint density at radius 1 is 1.44 bits per heavy atom. The minimum absolute atomic E-state index is 0.0629. The summed E-state index contributed by atoms with van der Waals surface area (Å²) in [7, 11) is -1.95. The molecule has 2 rings (SSSR count). The van der Waals surface area contributed by atoms with Gasteiger partial charge in [-0.2, -0.15) is 4.31 Å². The van der Waals surface area contributed by atoms with E-state index in [-0.39, 0.29) is 18.1 Å². The Hall–Kier alpha value is -1.71. The summed E-state index contributed by atoms with van der Waals surface area (Å²) in [6.45, 7) is 0.383. The Labute approximate surface area is 151 Å². The van der Waals surface area contributed by atoms with Crippen molar-refractivity contribution in [2.45, 2.75) is 31.8 Å². The molecule has 0 saturated carbocycles. The van der Waals surface area contributed by atoms with E-state index in [4.69, 9.17) is 11.6 Å². The van der Waals surface area contributed by atoms with E-state index in [0.717, 1.165) is 19.1 Å². The zero-order chi connectivity index (χ0) is 18.8. The minimum Gasteiger partial charge on any atom is -0.340 e. The molecule has 1 saturated heterocycles. The predicted molar refractivity (Wildman–Crippen MR) is 93.8 cm³/mol. The molecule has 0 aromatic heterocycles. The topological polar surface area (TPSA) is 101 Å². The van der Waals surface area contributed by atoms with Crippen molar-refractivity contribution in [2.24, 2.45) is 0 Å². The van der Waals surface area contributed by atoms with E-state index >= 15 is 0 Å². The van der Waals surface area contributed by atoms with Crippen molar-refractivity contribution in [3.8, 4) is 0 Å². The summed E-state index contributed by atoms with van der Waals surface area (Å²) in [4.78, 5) is 24.5. The monoisotopic (exact) mass is 389 g/mol. The first-order valence-corrected chi connectivity index (χ1v) is 9.98. The molecule has 0 bridgehead atoms. The van der Waals surface area contributed by atoms with Gasteiger partial charge in [0.25, 0.3) is 5.69 Å². The number of carbonyl (C=O) groups is 1. The third-order valence-corrected chi connectivity index (χ3v) is 5.85. The smallest absolute Gasteiger partial charge is 0.269 e. The van der Waals surface area contributed by atoms with Gasteiger partial charge in [-0.25, -0.2) is 8.42 Å². The van der Waals surface area contributed by atoms with Crippen LogP contribution in [-0.2, 0) is 21.4 Å². The Bertz CT molecular complexity index is 783. The summed E-state index contributed by atoms with van der Waals surface area (Å²) >= 11 is 6.07. The highest BCUT2D eigenvalue weighted by Crippen LogP contribution is 2.25. The van der Waals surface area contributed by atoms with Crippen LogP contribution in [0.2, 0.25) is 5.02 Å². The third kappa shape index (κ3) is 4.68. The van der Waals surface area contributed by atoms with Crippen LogP contribution in [0.5, 0.6) is 0 Å². The molecule has 10 heteroatoms. The maximum Gasteiger partial charge on any atom is 0.269 e. The van der Waals surface area contributed by atoms with Crippen LogP contribution >= 0.6 is 11.6 Å². The minimum atomic E-state index is -3.48. The molecule has 1 aliphatic rings. The van der Waals surface area contributed by atoms with Crippen LogP contribution in [0.3, 0.4) is 0 Å². The first-order chi connectivity index (χ1) is 11.6. The first kappa shape index (κ1) is 19.6. The number of sulfonamides is 1. The first-order valence-electron chi connectivity index (χ1n) is 7.76. The number of halogens is 1. The van der Waals surface area contributed by atoms with Crippen LogP contribution in [0.25, 0.3) is 0 Å². The fraction of sp³-hybridized carbons (Fsp3) is 0.533. The van der Waals surface area contributed by atoms with Crippen molar-refractivity contribution in [1.82, 2.24) is 9.21 Å². The fourth-order valence-electron chi connectivity index (χ4n) is 2.93. The molecule has 1 fully saturated rings. The average Bonchev–Trinajstić information content (AvgIpc) is 2.55. The highest BCUT2D eigenvalue weighted by atomic mass is 35.5. The largest absolute Gasteiger partial charge is 0.340 e. The molecule has 0 aliphatic carbocycles. The molecule has 1 aromatic carbocycles. The van der Waals surface area contributed by atoms with Crippen molar-refractivity contribution in [3.63, 3.8) is 0 Å². The summed E-state index contributed by atoms with van der Waals surface area (Å²) in [5.74, 6) is -0.340. The summed E-state index contributed by atoms with van der Waals surface area (Å²) < 4.78 is 25.1. The summed E-state index contributed by atoms with van der Waals surface area (Å²) in [6, 6.07) is 3.28. The maximum absolute atomic E-state index is 12.7. The van der Waals surface area contributed by atoms with Crippen molar-refractivity contribution >= 4 is 33.2 Å². The standard InChI is InChI=1S/C15H20ClN3O5S/c1-17(10-11-9-12(19(21)22)6-7-13(11)16)15(20)14-5-3-4-8-18(14)25(2,23)24/h6-7,9,14H,3-5,8,10H2,1-2H3. The number of nitrogens with zero attached hydrogens (tertiary/aromatic N) is 3. The quantitative estimate of drug-likeness (QED) is 0.566. The molecule has 1 unspecified atom stereocenters. The predicted octanol–water partition coefficient (Wildman–Crippen LogP) is 2.02. The zero-order valence-corrected chi connectivity index (χ0v) is 15.6. The van der Waals surface area contributed by atoms with E-state index in [1.54, 1.807) is 0 Å².